The van der Waals surface area contributed by atoms with Crippen LogP contribution in [0.2, 0.25) is 0 Å². The molecule has 6 nitrogen and oxygen atoms in total. The number of hydrogen-bond donors (Lipinski definition) is 2. The number of nitrogens with one attached hydrogen (secondary N) is 2. The maximum atomic E-state index is 13.1. The van der Waals surface area contributed by atoms with Gasteiger partial charge < -0.3 is 15.0 Å². The van der Waals surface area contributed by atoms with Gasteiger partial charge in [-0.2, -0.15) is 0 Å². The van der Waals surface area contributed by atoms with Crippen LogP contribution in [0.4, 0.5) is 14.6 Å². The van der Waals surface area contributed by atoms with Crippen LogP contribution in [0.5, 0.6) is 0 Å². The minimum Gasteiger partial charge on any atom is -0.378 e. The Balaban J connectivity index is 0.00000156. The zero-order chi connectivity index (χ0) is 16.3. The molecule has 1 aromatic heterocycles. The monoisotopic (exact) mass is 398 g/mol. The minimum atomic E-state index is -2.80. The quantitative estimate of drug-likeness (QED) is 0.801. The summed E-state index contributed by atoms with van der Waals surface area (Å²) in [7, 11) is 0. The van der Waals surface area contributed by atoms with E-state index in [1.807, 2.05) is 6.07 Å². The summed E-state index contributed by atoms with van der Waals surface area (Å²) in [5.74, 6) is -2.36. The fourth-order valence-corrected chi connectivity index (χ4v) is 2.75. The molecule has 10 heteroatoms. The smallest absolute Gasteiger partial charge is 0.262 e. The van der Waals surface area contributed by atoms with E-state index in [2.05, 4.69) is 20.5 Å². The van der Waals surface area contributed by atoms with Gasteiger partial charge in [-0.1, -0.05) is 0 Å². The molecule has 1 amide bonds. The van der Waals surface area contributed by atoms with Gasteiger partial charge in [0, 0.05) is 32.3 Å². The van der Waals surface area contributed by atoms with Crippen LogP contribution in [0.1, 0.15) is 12.0 Å². The predicted octanol–water partition coefficient (Wildman–Crippen LogP) is 1.38. The fraction of sp³-hybridized carbons (Fsp3) is 0.600. The van der Waals surface area contributed by atoms with Crippen molar-refractivity contribution in [1.82, 2.24) is 15.6 Å². The second-order valence-electron chi connectivity index (χ2n) is 5.83. The second kappa shape index (κ2) is 9.47. The van der Waals surface area contributed by atoms with Crippen molar-refractivity contribution in [2.24, 2.45) is 0 Å². The highest BCUT2D eigenvalue weighted by molar-refractivity contribution is 5.85. The molecule has 3 rings (SSSR count). The van der Waals surface area contributed by atoms with Crippen molar-refractivity contribution in [2.45, 2.75) is 24.9 Å². The lowest BCUT2D eigenvalue weighted by Gasteiger charge is -2.28. The molecule has 142 valence electrons. The van der Waals surface area contributed by atoms with Crippen molar-refractivity contribution in [3.63, 3.8) is 0 Å². The van der Waals surface area contributed by atoms with Gasteiger partial charge in [-0.05, 0) is 17.7 Å². The Bertz CT molecular complexity index is 574. The molecule has 3 heterocycles. The number of amides is 1. The summed E-state index contributed by atoms with van der Waals surface area (Å²) < 4.78 is 31.5. The van der Waals surface area contributed by atoms with Crippen molar-refractivity contribution < 1.29 is 18.3 Å². The molecule has 0 bridgehead atoms. The van der Waals surface area contributed by atoms with Gasteiger partial charge in [-0.25, -0.2) is 13.8 Å². The third-order valence-electron chi connectivity index (χ3n) is 4.04. The molecule has 25 heavy (non-hydrogen) atoms. The highest BCUT2D eigenvalue weighted by Gasteiger charge is 2.42. The number of morpholine rings is 1. The summed E-state index contributed by atoms with van der Waals surface area (Å²) in [6.45, 7) is 2.76. The summed E-state index contributed by atoms with van der Waals surface area (Å²) in [5, 5.41) is 5.25. The Morgan fingerprint density at radius 1 is 1.40 bits per heavy atom. The van der Waals surface area contributed by atoms with Crippen molar-refractivity contribution in [3.05, 3.63) is 23.9 Å². The molecule has 2 saturated heterocycles. The molecule has 0 aliphatic carbocycles. The fourth-order valence-electron chi connectivity index (χ4n) is 2.75. The maximum absolute atomic E-state index is 13.1. The lowest BCUT2D eigenvalue weighted by atomic mass is 10.1. The molecular weight excluding hydrogens is 377 g/mol. The third kappa shape index (κ3) is 5.91. The van der Waals surface area contributed by atoms with E-state index in [4.69, 9.17) is 4.74 Å². The third-order valence-corrected chi connectivity index (χ3v) is 4.04. The van der Waals surface area contributed by atoms with Gasteiger partial charge in [0.25, 0.3) is 5.92 Å². The summed E-state index contributed by atoms with van der Waals surface area (Å²) >= 11 is 0. The minimum absolute atomic E-state index is 0. The van der Waals surface area contributed by atoms with Crippen LogP contribution in [0.15, 0.2) is 18.3 Å². The normalized spacial score (nSPS) is 21.8. The van der Waals surface area contributed by atoms with E-state index < -0.39 is 30.8 Å². The van der Waals surface area contributed by atoms with Gasteiger partial charge in [-0.15, -0.1) is 24.8 Å². The second-order valence-corrected chi connectivity index (χ2v) is 5.83. The molecule has 1 atom stereocenters. The zero-order valence-corrected chi connectivity index (χ0v) is 15.2. The molecule has 0 saturated carbocycles. The number of nitrogens with zero attached hydrogens (tertiary/aromatic N) is 2. The molecule has 1 aromatic rings. The number of hydrogen-bond acceptors (Lipinski definition) is 5. The number of rotatable bonds is 4. The molecular formula is C15H22Cl2F2N4O2. The molecule has 2 fully saturated rings. The highest BCUT2D eigenvalue weighted by Crippen LogP contribution is 2.25. The van der Waals surface area contributed by atoms with Crippen LogP contribution in [0.25, 0.3) is 0 Å². The lowest BCUT2D eigenvalue weighted by molar-refractivity contribution is -0.123. The number of anilines is 1. The first-order valence-electron chi connectivity index (χ1n) is 7.70. The van der Waals surface area contributed by atoms with Crippen LogP contribution in [0.3, 0.4) is 0 Å². The molecule has 2 N–H and O–H groups in total. The summed E-state index contributed by atoms with van der Waals surface area (Å²) in [4.78, 5) is 18.4. The number of carbonyl (C=O) groups is 1. The van der Waals surface area contributed by atoms with Gasteiger partial charge in [0.1, 0.15) is 5.82 Å². The van der Waals surface area contributed by atoms with E-state index in [0.29, 0.717) is 19.8 Å². The molecule has 2 aliphatic rings. The molecule has 0 radical (unpaired) electrons. The average Bonchev–Trinajstić information content (AvgIpc) is 2.94. The summed E-state index contributed by atoms with van der Waals surface area (Å²) in [6.07, 6.45) is 1.24. The standard InChI is InChI=1S/C15H20F2N4O2.2ClH/c16-15(17)8-12(20-10-15)14(22)19-9-11-1-2-18-13(7-11)21-3-5-23-6-4-21;;/h1-2,7,12,20H,3-6,8-10H2,(H,19,22);2*1H. The molecule has 1 unspecified atom stereocenters. The SMILES string of the molecule is Cl.Cl.O=C(NCc1ccnc(N2CCOCC2)c1)C1CC(F)(F)CN1. The van der Waals surface area contributed by atoms with E-state index in [1.54, 1.807) is 12.3 Å². The average molecular weight is 399 g/mol. The predicted molar refractivity (Wildman–Crippen MR) is 95.0 cm³/mol. The number of alkyl halides is 2. The van der Waals surface area contributed by atoms with Crippen molar-refractivity contribution in [3.8, 4) is 0 Å². The lowest BCUT2D eigenvalue weighted by Crippen LogP contribution is -2.40. The summed E-state index contributed by atoms with van der Waals surface area (Å²) in [6, 6.07) is 2.88. The number of halogens is 4. The largest absolute Gasteiger partial charge is 0.378 e. The molecule has 0 spiro atoms. The van der Waals surface area contributed by atoms with Crippen molar-refractivity contribution in [2.75, 3.05) is 37.7 Å². The van der Waals surface area contributed by atoms with Crippen LogP contribution >= 0.6 is 24.8 Å². The molecule has 0 aromatic carbocycles. The van der Waals surface area contributed by atoms with E-state index in [-0.39, 0.29) is 24.8 Å². The Kier molecular flexibility index (Phi) is 8.27. The first-order valence-corrected chi connectivity index (χ1v) is 7.70. The summed E-state index contributed by atoms with van der Waals surface area (Å²) in [5.41, 5.74) is 0.889. The van der Waals surface area contributed by atoms with Crippen molar-refractivity contribution in [1.29, 1.82) is 0 Å². The number of ether oxygens (including phenoxy) is 1. The maximum Gasteiger partial charge on any atom is 0.262 e. The first kappa shape index (κ1) is 21.8. The van der Waals surface area contributed by atoms with Crippen molar-refractivity contribution >= 4 is 36.5 Å². The van der Waals surface area contributed by atoms with E-state index >= 15 is 0 Å². The van der Waals surface area contributed by atoms with Crippen LogP contribution in [0, 0.1) is 0 Å². The number of carbonyl (C=O) groups excluding carboxylic acids is 1. The van der Waals surface area contributed by atoms with E-state index in [0.717, 1.165) is 24.5 Å². The van der Waals surface area contributed by atoms with Crippen LogP contribution < -0.4 is 15.5 Å². The van der Waals surface area contributed by atoms with Gasteiger partial charge in [0.15, 0.2) is 0 Å². The van der Waals surface area contributed by atoms with E-state index in [1.165, 1.54) is 0 Å². The van der Waals surface area contributed by atoms with Gasteiger partial charge >= 0.3 is 0 Å². The Labute approximate surface area is 157 Å². The van der Waals surface area contributed by atoms with Gasteiger partial charge in [0.2, 0.25) is 5.91 Å². The zero-order valence-electron chi connectivity index (χ0n) is 13.5. The Hall–Kier alpha value is -1.22. The van der Waals surface area contributed by atoms with Gasteiger partial charge in [0.05, 0.1) is 25.8 Å². The number of pyridine rings is 1. The van der Waals surface area contributed by atoms with Crippen LogP contribution in [-0.4, -0.2) is 55.7 Å². The van der Waals surface area contributed by atoms with Crippen LogP contribution in [-0.2, 0) is 16.1 Å². The topological polar surface area (TPSA) is 66.5 Å². The van der Waals surface area contributed by atoms with E-state index in [9.17, 15) is 13.6 Å². The Morgan fingerprint density at radius 3 is 2.76 bits per heavy atom. The first-order chi connectivity index (χ1) is 11.0. The number of aromatic nitrogens is 1. The molecule has 2 aliphatic heterocycles. The highest BCUT2D eigenvalue weighted by atomic mass is 35.5. The Morgan fingerprint density at radius 2 is 2.12 bits per heavy atom. The van der Waals surface area contributed by atoms with Gasteiger partial charge in [-0.3, -0.25) is 10.1 Å².